The zero-order valence-corrected chi connectivity index (χ0v) is 12.7. The first kappa shape index (κ1) is 16.0. The van der Waals surface area contributed by atoms with Gasteiger partial charge in [0.05, 0.1) is 6.07 Å². The molecular weight excluding hydrogens is 323 g/mol. The number of carbonyl (C=O) groups is 2. The van der Waals surface area contributed by atoms with E-state index in [9.17, 15) is 14.9 Å². The molecule has 2 aromatic rings. The highest BCUT2D eigenvalue weighted by Gasteiger charge is 2.28. The molecule has 110 valence electrons. The normalized spacial score (nSPS) is 11.3. The van der Waals surface area contributed by atoms with E-state index in [1.807, 2.05) is 6.07 Å². The van der Waals surface area contributed by atoms with Crippen LogP contribution < -0.4 is 5.32 Å². The van der Waals surface area contributed by atoms with Crippen molar-refractivity contribution < 1.29 is 9.59 Å². The number of benzene rings is 2. The van der Waals surface area contributed by atoms with E-state index in [-0.39, 0.29) is 5.02 Å². The molecule has 1 N–H and O–H groups in total. The van der Waals surface area contributed by atoms with Crippen LogP contribution in [0.1, 0.15) is 11.5 Å². The topological polar surface area (TPSA) is 70.0 Å². The molecular formula is C16H10Cl2N2O2. The van der Waals surface area contributed by atoms with Gasteiger partial charge < -0.3 is 5.32 Å². The molecule has 0 aliphatic heterocycles. The highest BCUT2D eigenvalue weighted by atomic mass is 35.5. The molecule has 22 heavy (non-hydrogen) atoms. The van der Waals surface area contributed by atoms with Gasteiger partial charge in [-0.15, -0.1) is 0 Å². The van der Waals surface area contributed by atoms with E-state index in [0.29, 0.717) is 16.3 Å². The van der Waals surface area contributed by atoms with Gasteiger partial charge in [-0.05, 0) is 29.8 Å². The first-order valence-electron chi connectivity index (χ1n) is 6.27. The second kappa shape index (κ2) is 7.08. The number of hydrogen-bond acceptors (Lipinski definition) is 3. The van der Waals surface area contributed by atoms with Gasteiger partial charge in [0.25, 0.3) is 5.91 Å². The van der Waals surface area contributed by atoms with Gasteiger partial charge in [-0.25, -0.2) is 0 Å². The number of halogens is 2. The van der Waals surface area contributed by atoms with Crippen molar-refractivity contribution in [3.8, 4) is 6.07 Å². The summed E-state index contributed by atoms with van der Waals surface area (Å²) in [5, 5.41) is 12.3. The number of anilines is 1. The minimum Gasteiger partial charge on any atom is -0.319 e. The van der Waals surface area contributed by atoms with Gasteiger partial charge in [0.2, 0.25) is 5.78 Å². The third-order valence-corrected chi connectivity index (χ3v) is 3.49. The van der Waals surface area contributed by atoms with Gasteiger partial charge in [-0.1, -0.05) is 47.5 Å². The van der Waals surface area contributed by atoms with Crippen LogP contribution in [0.15, 0.2) is 48.5 Å². The predicted molar refractivity (Wildman–Crippen MR) is 84.9 cm³/mol. The number of nitrogens with zero attached hydrogens (tertiary/aromatic N) is 1. The molecule has 0 spiro atoms. The van der Waals surface area contributed by atoms with Crippen LogP contribution in [-0.4, -0.2) is 11.7 Å². The number of nitriles is 1. The van der Waals surface area contributed by atoms with E-state index in [2.05, 4.69) is 5.32 Å². The van der Waals surface area contributed by atoms with Gasteiger partial charge in [-0.2, -0.15) is 5.26 Å². The Morgan fingerprint density at radius 2 is 1.82 bits per heavy atom. The van der Waals surface area contributed by atoms with Crippen LogP contribution >= 0.6 is 23.2 Å². The molecule has 6 heteroatoms. The second-order valence-corrected chi connectivity index (χ2v) is 5.26. The lowest BCUT2D eigenvalue weighted by Gasteiger charge is -2.10. The van der Waals surface area contributed by atoms with Crippen molar-refractivity contribution >= 4 is 40.6 Å². The van der Waals surface area contributed by atoms with Gasteiger partial charge in [0, 0.05) is 15.7 Å². The van der Waals surface area contributed by atoms with Crippen molar-refractivity contribution in [1.82, 2.24) is 0 Å². The minimum absolute atomic E-state index is 0.262. The van der Waals surface area contributed by atoms with Crippen LogP contribution in [0.4, 0.5) is 5.69 Å². The van der Waals surface area contributed by atoms with Crippen LogP contribution in [0.25, 0.3) is 0 Å². The molecule has 0 heterocycles. The van der Waals surface area contributed by atoms with Crippen LogP contribution in [0, 0.1) is 11.3 Å². The fraction of sp³-hybridized carbons (Fsp3) is 0.0625. The molecule has 1 amide bonds. The average molecular weight is 333 g/mol. The van der Waals surface area contributed by atoms with Crippen molar-refractivity contribution in [3.63, 3.8) is 0 Å². The van der Waals surface area contributed by atoms with Crippen molar-refractivity contribution in [3.05, 3.63) is 64.1 Å². The molecule has 0 aromatic heterocycles. The summed E-state index contributed by atoms with van der Waals surface area (Å²) in [5.74, 6) is -3.03. The summed E-state index contributed by atoms with van der Waals surface area (Å²) in [4.78, 5) is 24.2. The Kier molecular flexibility index (Phi) is 5.16. The number of carbonyl (C=O) groups excluding carboxylic acids is 2. The molecule has 0 saturated heterocycles. The SMILES string of the molecule is N#C[C@H](C(=O)C(=O)Nc1cccc(Cl)c1)c1ccccc1Cl. The summed E-state index contributed by atoms with van der Waals surface area (Å²) < 4.78 is 0. The van der Waals surface area contributed by atoms with E-state index in [1.54, 1.807) is 42.5 Å². The third-order valence-electron chi connectivity index (χ3n) is 2.91. The van der Waals surface area contributed by atoms with Gasteiger partial charge in [0.15, 0.2) is 0 Å². The average Bonchev–Trinajstić information content (AvgIpc) is 2.49. The van der Waals surface area contributed by atoms with Crippen LogP contribution in [0.3, 0.4) is 0 Å². The fourth-order valence-corrected chi connectivity index (χ4v) is 2.30. The van der Waals surface area contributed by atoms with Gasteiger partial charge in [0.1, 0.15) is 5.92 Å². The lowest BCUT2D eigenvalue weighted by molar-refractivity contribution is -0.135. The molecule has 2 aromatic carbocycles. The number of Topliss-reactive ketones (excluding diaryl/α,β-unsaturated/α-hetero) is 1. The van der Waals surface area contributed by atoms with Crippen LogP contribution in [0.5, 0.6) is 0 Å². The third kappa shape index (κ3) is 3.64. The lowest BCUT2D eigenvalue weighted by Crippen LogP contribution is -2.27. The maximum absolute atomic E-state index is 12.2. The monoisotopic (exact) mass is 332 g/mol. The molecule has 0 saturated carbocycles. The Bertz CT molecular complexity index is 769. The van der Waals surface area contributed by atoms with E-state index >= 15 is 0 Å². The van der Waals surface area contributed by atoms with Gasteiger partial charge >= 0.3 is 0 Å². The van der Waals surface area contributed by atoms with E-state index in [0.717, 1.165) is 0 Å². The van der Waals surface area contributed by atoms with E-state index < -0.39 is 17.6 Å². The predicted octanol–water partition coefficient (Wildman–Crippen LogP) is 3.81. The first-order chi connectivity index (χ1) is 10.5. The summed E-state index contributed by atoms with van der Waals surface area (Å²) in [6.45, 7) is 0. The number of rotatable bonds is 4. The molecule has 2 rings (SSSR count). The Morgan fingerprint density at radius 3 is 2.45 bits per heavy atom. The van der Waals surface area contributed by atoms with Crippen molar-refractivity contribution in [1.29, 1.82) is 5.26 Å². The molecule has 4 nitrogen and oxygen atoms in total. The summed E-state index contributed by atoms with van der Waals surface area (Å²) in [6, 6.07) is 14.6. The summed E-state index contributed by atoms with van der Waals surface area (Å²) in [6.07, 6.45) is 0. The maximum atomic E-state index is 12.2. The number of amides is 1. The van der Waals surface area contributed by atoms with Crippen LogP contribution in [-0.2, 0) is 9.59 Å². The standard InChI is InChI=1S/C16H10Cl2N2O2/c17-10-4-3-5-11(8-10)20-16(22)15(21)13(9-19)12-6-1-2-7-14(12)18/h1-8,13H,(H,20,22)/t13-/m0/s1. The Morgan fingerprint density at radius 1 is 1.09 bits per heavy atom. The quantitative estimate of drug-likeness (QED) is 0.865. The minimum atomic E-state index is -1.26. The van der Waals surface area contributed by atoms with Gasteiger partial charge in [-0.3, -0.25) is 9.59 Å². The maximum Gasteiger partial charge on any atom is 0.293 e. The Hall–Kier alpha value is -2.35. The largest absolute Gasteiger partial charge is 0.319 e. The van der Waals surface area contributed by atoms with Crippen molar-refractivity contribution in [2.24, 2.45) is 0 Å². The van der Waals surface area contributed by atoms with E-state index in [1.165, 1.54) is 6.07 Å². The lowest BCUT2D eigenvalue weighted by atomic mass is 9.95. The molecule has 0 unspecified atom stereocenters. The fourth-order valence-electron chi connectivity index (χ4n) is 1.87. The Balaban J connectivity index is 2.21. The van der Waals surface area contributed by atoms with Crippen LogP contribution in [0.2, 0.25) is 10.0 Å². The molecule has 0 bridgehead atoms. The molecule has 0 aliphatic carbocycles. The Labute approximate surface area is 137 Å². The summed E-state index contributed by atoms with van der Waals surface area (Å²) in [7, 11) is 0. The number of nitrogens with one attached hydrogen (secondary N) is 1. The molecule has 0 fully saturated rings. The highest BCUT2D eigenvalue weighted by Crippen LogP contribution is 2.25. The first-order valence-corrected chi connectivity index (χ1v) is 7.03. The number of ketones is 1. The van der Waals surface area contributed by atoms with E-state index in [4.69, 9.17) is 23.2 Å². The summed E-state index contributed by atoms with van der Waals surface area (Å²) >= 11 is 11.8. The number of hydrogen-bond donors (Lipinski definition) is 1. The molecule has 0 aliphatic rings. The van der Waals surface area contributed by atoms with Crippen molar-refractivity contribution in [2.45, 2.75) is 5.92 Å². The molecule has 1 atom stereocenters. The summed E-state index contributed by atoms with van der Waals surface area (Å²) in [5.41, 5.74) is 0.680. The smallest absolute Gasteiger partial charge is 0.293 e. The zero-order valence-electron chi connectivity index (χ0n) is 11.2. The molecule has 0 radical (unpaired) electrons. The van der Waals surface area contributed by atoms with Crippen molar-refractivity contribution in [2.75, 3.05) is 5.32 Å². The second-order valence-electron chi connectivity index (χ2n) is 4.41. The highest BCUT2D eigenvalue weighted by molar-refractivity contribution is 6.43. The zero-order chi connectivity index (χ0) is 16.1.